The van der Waals surface area contributed by atoms with Crippen molar-refractivity contribution in [2.75, 3.05) is 19.4 Å². The first-order valence-electron chi connectivity index (χ1n) is 6.62. The number of carbonyl (C=O) groups is 1. The first-order chi connectivity index (χ1) is 10.1. The van der Waals surface area contributed by atoms with Gasteiger partial charge in [0.25, 0.3) is 5.91 Å². The number of nitrogens with two attached hydrogens (primary N) is 1. The molecule has 0 aliphatic rings. The fourth-order valence-corrected chi connectivity index (χ4v) is 1.93. The van der Waals surface area contributed by atoms with E-state index in [-0.39, 0.29) is 5.91 Å². The molecule has 0 bridgehead atoms. The second-order valence-electron chi connectivity index (χ2n) is 4.75. The van der Waals surface area contributed by atoms with E-state index in [1.807, 2.05) is 24.3 Å². The summed E-state index contributed by atoms with van der Waals surface area (Å²) in [5, 5.41) is 0. The molecule has 110 valence electrons. The number of H-pyrrole nitrogens is 1. The summed E-state index contributed by atoms with van der Waals surface area (Å²) in [5.74, 6) is 0.684. The van der Waals surface area contributed by atoms with E-state index >= 15 is 0 Å². The van der Waals surface area contributed by atoms with Crippen molar-refractivity contribution in [2.45, 2.75) is 6.54 Å². The lowest BCUT2D eigenvalue weighted by Gasteiger charge is -2.16. The molecule has 5 nitrogen and oxygen atoms in total. The van der Waals surface area contributed by atoms with E-state index in [0.717, 1.165) is 11.3 Å². The lowest BCUT2D eigenvalue weighted by molar-refractivity contribution is 0.0780. The van der Waals surface area contributed by atoms with Crippen LogP contribution in [-0.2, 0) is 6.54 Å². The number of nitrogen functional groups attached to an aromatic ring is 1. The summed E-state index contributed by atoms with van der Waals surface area (Å²) in [5.41, 5.74) is 7.67. The zero-order valence-corrected chi connectivity index (χ0v) is 12.0. The molecule has 0 aliphatic heterocycles. The van der Waals surface area contributed by atoms with Gasteiger partial charge in [-0.2, -0.15) is 0 Å². The zero-order chi connectivity index (χ0) is 15.2. The molecule has 2 aromatic rings. The van der Waals surface area contributed by atoms with Crippen molar-refractivity contribution in [3.63, 3.8) is 0 Å². The van der Waals surface area contributed by atoms with E-state index in [4.69, 9.17) is 10.5 Å². The lowest BCUT2D eigenvalue weighted by atomic mass is 10.2. The minimum atomic E-state index is -0.0984. The number of nitrogens with one attached hydrogen (secondary N) is 1. The van der Waals surface area contributed by atoms with Crippen LogP contribution in [0.3, 0.4) is 0 Å². The highest BCUT2D eigenvalue weighted by molar-refractivity contribution is 5.93. The zero-order valence-electron chi connectivity index (χ0n) is 12.0. The van der Waals surface area contributed by atoms with Crippen LogP contribution in [0.15, 0.2) is 49.2 Å². The van der Waals surface area contributed by atoms with Crippen LogP contribution < -0.4 is 10.5 Å². The fourth-order valence-electron chi connectivity index (χ4n) is 1.93. The average molecular weight is 285 g/mol. The first-order valence-corrected chi connectivity index (χ1v) is 6.62. The molecule has 0 saturated heterocycles. The van der Waals surface area contributed by atoms with Crippen molar-refractivity contribution in [3.8, 4) is 5.75 Å². The summed E-state index contributed by atoms with van der Waals surface area (Å²) in [4.78, 5) is 16.7. The van der Waals surface area contributed by atoms with Crippen molar-refractivity contribution in [1.82, 2.24) is 9.88 Å². The molecule has 0 atom stereocenters. The number of hydrogen-bond acceptors (Lipinski definition) is 3. The van der Waals surface area contributed by atoms with Crippen molar-refractivity contribution in [3.05, 3.63) is 60.4 Å². The standard InChI is InChI=1S/C16H19N3O2/c1-3-8-21-14-6-4-12(5-7-14)11-19(2)16(20)15-9-13(17)10-18-15/h3-7,9-10,18H,1,8,11,17H2,2H3. The quantitative estimate of drug-likeness (QED) is 0.801. The van der Waals surface area contributed by atoms with Crippen molar-refractivity contribution >= 4 is 11.6 Å². The molecule has 0 aliphatic carbocycles. The van der Waals surface area contributed by atoms with E-state index in [0.29, 0.717) is 24.5 Å². The predicted octanol–water partition coefficient (Wildman–Crippen LogP) is 2.43. The molecule has 0 unspecified atom stereocenters. The monoisotopic (exact) mass is 285 g/mol. The SMILES string of the molecule is C=CCOc1ccc(CN(C)C(=O)c2cc(N)c[nH]2)cc1. The van der Waals surface area contributed by atoms with E-state index in [2.05, 4.69) is 11.6 Å². The maximum Gasteiger partial charge on any atom is 0.270 e. The van der Waals surface area contributed by atoms with Crippen LogP contribution in [0.5, 0.6) is 5.75 Å². The summed E-state index contributed by atoms with van der Waals surface area (Å²) in [6.45, 7) is 4.59. The van der Waals surface area contributed by atoms with Gasteiger partial charge in [0, 0.05) is 25.5 Å². The molecule has 0 radical (unpaired) electrons. The molecule has 2 rings (SSSR count). The minimum absolute atomic E-state index is 0.0984. The van der Waals surface area contributed by atoms with Crippen molar-refractivity contribution in [1.29, 1.82) is 0 Å². The Balaban J connectivity index is 1.97. The van der Waals surface area contributed by atoms with Crippen LogP contribution in [0.4, 0.5) is 5.69 Å². The van der Waals surface area contributed by atoms with Gasteiger partial charge in [0.1, 0.15) is 18.1 Å². The Morgan fingerprint density at radius 1 is 1.43 bits per heavy atom. The molecule has 0 fully saturated rings. The summed E-state index contributed by atoms with van der Waals surface area (Å²) < 4.78 is 5.42. The first kappa shape index (κ1) is 14.7. The Morgan fingerprint density at radius 3 is 2.71 bits per heavy atom. The Kier molecular flexibility index (Phi) is 4.66. The van der Waals surface area contributed by atoms with Gasteiger partial charge < -0.3 is 20.4 Å². The Labute approximate surface area is 124 Å². The molecule has 0 saturated carbocycles. The van der Waals surface area contributed by atoms with Crippen LogP contribution in [0, 0.1) is 0 Å². The van der Waals surface area contributed by atoms with E-state index in [9.17, 15) is 4.79 Å². The van der Waals surface area contributed by atoms with Crippen LogP contribution in [-0.4, -0.2) is 29.4 Å². The van der Waals surface area contributed by atoms with Crippen LogP contribution >= 0.6 is 0 Å². The number of aromatic amines is 1. The average Bonchev–Trinajstić information content (AvgIpc) is 2.92. The van der Waals surface area contributed by atoms with Gasteiger partial charge in [-0.3, -0.25) is 4.79 Å². The largest absolute Gasteiger partial charge is 0.490 e. The Hall–Kier alpha value is -2.69. The number of hydrogen-bond donors (Lipinski definition) is 2. The number of nitrogens with zero attached hydrogens (tertiary/aromatic N) is 1. The van der Waals surface area contributed by atoms with Crippen molar-refractivity contribution < 1.29 is 9.53 Å². The van der Waals surface area contributed by atoms with Crippen molar-refractivity contribution in [2.24, 2.45) is 0 Å². The van der Waals surface area contributed by atoms with Crippen LogP contribution in [0.25, 0.3) is 0 Å². The fraction of sp³-hybridized carbons (Fsp3) is 0.188. The van der Waals surface area contributed by atoms with E-state index < -0.39 is 0 Å². The molecule has 1 aromatic heterocycles. The van der Waals surface area contributed by atoms with Gasteiger partial charge in [-0.1, -0.05) is 24.8 Å². The highest BCUT2D eigenvalue weighted by atomic mass is 16.5. The Morgan fingerprint density at radius 2 is 2.14 bits per heavy atom. The molecular weight excluding hydrogens is 266 g/mol. The minimum Gasteiger partial charge on any atom is -0.490 e. The molecular formula is C16H19N3O2. The second kappa shape index (κ2) is 6.65. The van der Waals surface area contributed by atoms with E-state index in [1.54, 1.807) is 30.3 Å². The Bertz CT molecular complexity index is 617. The highest BCUT2D eigenvalue weighted by Crippen LogP contribution is 2.14. The molecule has 21 heavy (non-hydrogen) atoms. The normalized spacial score (nSPS) is 10.1. The third-order valence-corrected chi connectivity index (χ3v) is 2.99. The molecule has 3 N–H and O–H groups in total. The lowest BCUT2D eigenvalue weighted by Crippen LogP contribution is -2.26. The number of rotatable bonds is 6. The number of carbonyl (C=O) groups excluding carboxylic acids is 1. The van der Waals surface area contributed by atoms with Gasteiger partial charge >= 0.3 is 0 Å². The third kappa shape index (κ3) is 3.89. The highest BCUT2D eigenvalue weighted by Gasteiger charge is 2.13. The van der Waals surface area contributed by atoms with Gasteiger partial charge in [0.2, 0.25) is 0 Å². The molecule has 1 heterocycles. The number of benzene rings is 1. The summed E-state index contributed by atoms with van der Waals surface area (Å²) in [6, 6.07) is 9.26. The number of aromatic nitrogens is 1. The summed E-state index contributed by atoms with van der Waals surface area (Å²) in [7, 11) is 1.75. The van der Waals surface area contributed by atoms with Crippen LogP contribution in [0.2, 0.25) is 0 Å². The van der Waals surface area contributed by atoms with Gasteiger partial charge in [-0.15, -0.1) is 0 Å². The van der Waals surface area contributed by atoms with Gasteiger partial charge in [0.15, 0.2) is 0 Å². The smallest absolute Gasteiger partial charge is 0.270 e. The second-order valence-corrected chi connectivity index (χ2v) is 4.75. The third-order valence-electron chi connectivity index (χ3n) is 2.99. The summed E-state index contributed by atoms with van der Waals surface area (Å²) >= 11 is 0. The van der Waals surface area contributed by atoms with Gasteiger partial charge in [-0.25, -0.2) is 0 Å². The van der Waals surface area contributed by atoms with E-state index in [1.165, 1.54) is 0 Å². The summed E-state index contributed by atoms with van der Waals surface area (Å²) in [6.07, 6.45) is 3.30. The number of amides is 1. The topological polar surface area (TPSA) is 71.3 Å². The maximum atomic E-state index is 12.2. The molecule has 1 aromatic carbocycles. The number of anilines is 1. The maximum absolute atomic E-state index is 12.2. The van der Waals surface area contributed by atoms with Gasteiger partial charge in [0.05, 0.1) is 0 Å². The van der Waals surface area contributed by atoms with Gasteiger partial charge in [-0.05, 0) is 23.8 Å². The van der Waals surface area contributed by atoms with Crippen LogP contribution in [0.1, 0.15) is 16.1 Å². The molecule has 1 amide bonds. The molecule has 5 heteroatoms. The predicted molar refractivity (Wildman–Crippen MR) is 83.1 cm³/mol. The number of ether oxygens (including phenoxy) is 1. The molecule has 0 spiro atoms.